The first-order valence-electron chi connectivity index (χ1n) is 9.30. The van der Waals surface area contributed by atoms with Crippen LogP contribution in [0.3, 0.4) is 0 Å². The molecule has 1 aromatic rings. The summed E-state index contributed by atoms with van der Waals surface area (Å²) in [4.78, 5) is 28.3. The van der Waals surface area contributed by atoms with Crippen LogP contribution in [0.2, 0.25) is 0 Å². The van der Waals surface area contributed by atoms with E-state index in [9.17, 15) is 9.59 Å². The number of amides is 1. The Morgan fingerprint density at radius 1 is 1.19 bits per heavy atom. The number of likely N-dealkylation sites (tertiary alicyclic amines) is 1. The lowest BCUT2D eigenvalue weighted by molar-refractivity contribution is -0.0729. The standard InChI is InChI=1S/C19H28N2O5/c1-13-9-20(10-14(2)26-13)11-15-4-6-21(7-5-15)18(22)17-8-16(12-25-17)19(23)24-3/h8,12-15H,4-7,9-11H2,1-3H3/t13-,14+. The minimum absolute atomic E-state index is 0.160. The number of hydrogen-bond acceptors (Lipinski definition) is 6. The summed E-state index contributed by atoms with van der Waals surface area (Å²) in [6.07, 6.45) is 3.80. The maximum absolute atomic E-state index is 12.6. The van der Waals surface area contributed by atoms with Crippen LogP contribution < -0.4 is 0 Å². The van der Waals surface area contributed by atoms with Crippen molar-refractivity contribution < 1.29 is 23.5 Å². The minimum Gasteiger partial charge on any atom is -0.465 e. The van der Waals surface area contributed by atoms with Gasteiger partial charge in [-0.3, -0.25) is 9.69 Å². The normalized spacial score (nSPS) is 25.3. The van der Waals surface area contributed by atoms with Gasteiger partial charge < -0.3 is 18.8 Å². The molecule has 144 valence electrons. The fraction of sp³-hybridized carbons (Fsp3) is 0.684. The van der Waals surface area contributed by atoms with E-state index in [1.54, 1.807) is 4.90 Å². The summed E-state index contributed by atoms with van der Waals surface area (Å²) in [5.41, 5.74) is 0.265. The zero-order valence-electron chi connectivity index (χ0n) is 15.8. The number of rotatable bonds is 4. The molecule has 7 heteroatoms. The van der Waals surface area contributed by atoms with E-state index in [2.05, 4.69) is 23.5 Å². The van der Waals surface area contributed by atoms with Gasteiger partial charge in [-0.2, -0.15) is 0 Å². The van der Waals surface area contributed by atoms with E-state index in [1.165, 1.54) is 19.4 Å². The number of furan rings is 1. The zero-order chi connectivity index (χ0) is 18.7. The Balaban J connectivity index is 1.49. The second-order valence-electron chi connectivity index (χ2n) is 7.40. The van der Waals surface area contributed by atoms with Crippen molar-refractivity contribution in [1.82, 2.24) is 9.80 Å². The summed E-state index contributed by atoms with van der Waals surface area (Å²) >= 11 is 0. The van der Waals surface area contributed by atoms with Crippen LogP contribution in [0.15, 0.2) is 16.7 Å². The number of carbonyl (C=O) groups excluding carboxylic acids is 2. The third kappa shape index (κ3) is 4.45. The number of methoxy groups -OCH3 is 1. The van der Waals surface area contributed by atoms with Crippen LogP contribution in [0.25, 0.3) is 0 Å². The van der Waals surface area contributed by atoms with Gasteiger partial charge in [-0.15, -0.1) is 0 Å². The van der Waals surface area contributed by atoms with Gasteiger partial charge in [0.2, 0.25) is 0 Å². The molecule has 2 fully saturated rings. The van der Waals surface area contributed by atoms with E-state index >= 15 is 0 Å². The van der Waals surface area contributed by atoms with E-state index < -0.39 is 5.97 Å². The zero-order valence-corrected chi connectivity index (χ0v) is 15.8. The van der Waals surface area contributed by atoms with Crippen LogP contribution in [0.1, 0.15) is 47.6 Å². The molecule has 0 aromatic carbocycles. The predicted octanol–water partition coefficient (Wildman–Crippen LogP) is 2.03. The van der Waals surface area contributed by atoms with Crippen molar-refractivity contribution in [3.05, 3.63) is 23.7 Å². The molecule has 1 amide bonds. The quantitative estimate of drug-likeness (QED) is 0.761. The highest BCUT2D eigenvalue weighted by atomic mass is 16.5. The Hall–Kier alpha value is -1.86. The third-order valence-electron chi connectivity index (χ3n) is 5.14. The van der Waals surface area contributed by atoms with Crippen LogP contribution in [0, 0.1) is 5.92 Å². The summed E-state index contributed by atoms with van der Waals surface area (Å²) in [7, 11) is 1.30. The molecule has 26 heavy (non-hydrogen) atoms. The molecular formula is C19H28N2O5. The molecule has 0 radical (unpaired) electrons. The van der Waals surface area contributed by atoms with Gasteiger partial charge in [0.05, 0.1) is 24.9 Å². The molecule has 2 saturated heterocycles. The molecule has 7 nitrogen and oxygen atoms in total. The third-order valence-corrected chi connectivity index (χ3v) is 5.14. The minimum atomic E-state index is -0.500. The lowest BCUT2D eigenvalue weighted by Crippen LogP contribution is -2.48. The van der Waals surface area contributed by atoms with Crippen molar-refractivity contribution in [2.75, 3.05) is 39.8 Å². The second-order valence-corrected chi connectivity index (χ2v) is 7.40. The van der Waals surface area contributed by atoms with Gasteiger partial charge in [-0.25, -0.2) is 4.79 Å². The van der Waals surface area contributed by atoms with E-state index in [0.717, 1.165) is 32.5 Å². The number of nitrogens with zero attached hydrogens (tertiary/aromatic N) is 2. The van der Waals surface area contributed by atoms with Crippen molar-refractivity contribution in [2.45, 2.75) is 38.9 Å². The van der Waals surface area contributed by atoms with Crippen molar-refractivity contribution in [1.29, 1.82) is 0 Å². The molecule has 0 spiro atoms. The summed E-state index contributed by atoms with van der Waals surface area (Å²) in [5.74, 6) is 0.131. The lowest BCUT2D eigenvalue weighted by Gasteiger charge is -2.39. The average molecular weight is 364 g/mol. The number of esters is 1. The lowest BCUT2D eigenvalue weighted by atomic mass is 9.95. The molecule has 1 aromatic heterocycles. The van der Waals surface area contributed by atoms with Crippen LogP contribution in [-0.2, 0) is 9.47 Å². The number of carbonyl (C=O) groups is 2. The SMILES string of the molecule is COC(=O)c1coc(C(=O)N2CCC(CN3C[C@@H](C)O[C@@H](C)C3)CC2)c1. The maximum Gasteiger partial charge on any atom is 0.341 e. The summed E-state index contributed by atoms with van der Waals surface area (Å²) in [6.45, 7) is 8.69. The molecule has 2 aliphatic heterocycles. The van der Waals surface area contributed by atoms with Gasteiger partial charge in [-0.05, 0) is 32.6 Å². The van der Waals surface area contributed by atoms with E-state index in [1.807, 2.05) is 0 Å². The molecule has 3 rings (SSSR count). The molecular weight excluding hydrogens is 336 g/mol. The molecule has 0 unspecified atom stereocenters. The van der Waals surface area contributed by atoms with Gasteiger partial charge in [0.1, 0.15) is 6.26 Å². The largest absolute Gasteiger partial charge is 0.465 e. The first-order valence-corrected chi connectivity index (χ1v) is 9.30. The Bertz CT molecular complexity index is 626. The Labute approximate surface area is 154 Å². The number of piperidine rings is 1. The van der Waals surface area contributed by atoms with E-state index in [0.29, 0.717) is 19.0 Å². The van der Waals surface area contributed by atoms with Gasteiger partial charge in [-0.1, -0.05) is 0 Å². The maximum atomic E-state index is 12.6. The predicted molar refractivity (Wildman–Crippen MR) is 95.1 cm³/mol. The molecule has 0 bridgehead atoms. The highest BCUT2D eigenvalue weighted by Gasteiger charge is 2.29. The molecule has 2 aliphatic rings. The fourth-order valence-corrected chi connectivity index (χ4v) is 3.95. The Kier molecular flexibility index (Phi) is 5.98. The number of hydrogen-bond donors (Lipinski definition) is 0. The van der Waals surface area contributed by atoms with Crippen LogP contribution in [0.5, 0.6) is 0 Å². The van der Waals surface area contributed by atoms with Crippen molar-refractivity contribution in [2.24, 2.45) is 5.92 Å². The van der Waals surface area contributed by atoms with Crippen LogP contribution in [0.4, 0.5) is 0 Å². The molecule has 3 heterocycles. The Morgan fingerprint density at radius 3 is 2.46 bits per heavy atom. The molecule has 0 N–H and O–H groups in total. The topological polar surface area (TPSA) is 72.2 Å². The van der Waals surface area contributed by atoms with Crippen molar-refractivity contribution >= 4 is 11.9 Å². The van der Waals surface area contributed by atoms with Gasteiger partial charge in [0.15, 0.2) is 5.76 Å². The van der Waals surface area contributed by atoms with Crippen molar-refractivity contribution in [3.8, 4) is 0 Å². The molecule has 2 atom stereocenters. The smallest absolute Gasteiger partial charge is 0.341 e. The van der Waals surface area contributed by atoms with Crippen LogP contribution in [-0.4, -0.2) is 73.7 Å². The average Bonchev–Trinajstić information content (AvgIpc) is 3.10. The van der Waals surface area contributed by atoms with E-state index in [-0.39, 0.29) is 29.4 Å². The van der Waals surface area contributed by atoms with Crippen LogP contribution >= 0.6 is 0 Å². The fourth-order valence-electron chi connectivity index (χ4n) is 3.95. The van der Waals surface area contributed by atoms with Gasteiger partial charge >= 0.3 is 5.97 Å². The van der Waals surface area contributed by atoms with Gasteiger partial charge in [0, 0.05) is 38.8 Å². The second kappa shape index (κ2) is 8.22. The first-order chi connectivity index (χ1) is 12.5. The summed E-state index contributed by atoms with van der Waals surface area (Å²) in [6, 6.07) is 1.46. The number of ether oxygens (including phenoxy) is 2. The first kappa shape index (κ1) is 18.9. The van der Waals surface area contributed by atoms with E-state index in [4.69, 9.17) is 9.15 Å². The summed E-state index contributed by atoms with van der Waals surface area (Å²) < 4.78 is 15.7. The highest BCUT2D eigenvalue weighted by Crippen LogP contribution is 2.22. The molecule has 0 saturated carbocycles. The highest BCUT2D eigenvalue weighted by molar-refractivity contribution is 5.96. The number of morpholine rings is 1. The van der Waals surface area contributed by atoms with Crippen molar-refractivity contribution in [3.63, 3.8) is 0 Å². The monoisotopic (exact) mass is 364 g/mol. The summed E-state index contributed by atoms with van der Waals surface area (Å²) in [5, 5.41) is 0. The molecule has 0 aliphatic carbocycles. The Morgan fingerprint density at radius 2 is 1.85 bits per heavy atom. The van der Waals surface area contributed by atoms with Gasteiger partial charge in [0.25, 0.3) is 5.91 Å².